The first-order chi connectivity index (χ1) is 13.0. The Hall–Kier alpha value is -3.27. The summed E-state index contributed by atoms with van der Waals surface area (Å²) in [5, 5.41) is 11.6. The number of ketones is 1. The molecule has 6 nitrogen and oxygen atoms in total. The SMILES string of the molecule is Cc1cc(NC(=O)N2CCC(C(=O)c3ccc(C#N)cc3F)CC2)ccn1. The molecule has 1 aromatic heterocycles. The van der Waals surface area contributed by atoms with Gasteiger partial charge in [0.15, 0.2) is 5.78 Å². The van der Waals surface area contributed by atoms with Crippen molar-refractivity contribution >= 4 is 17.5 Å². The molecule has 0 radical (unpaired) electrons. The molecule has 3 rings (SSSR count). The first kappa shape index (κ1) is 18.5. The zero-order valence-corrected chi connectivity index (χ0v) is 14.9. The van der Waals surface area contributed by atoms with Crippen LogP contribution in [0.2, 0.25) is 0 Å². The van der Waals surface area contributed by atoms with Gasteiger partial charge in [-0.1, -0.05) is 0 Å². The van der Waals surface area contributed by atoms with Crippen LogP contribution in [0.4, 0.5) is 14.9 Å². The average molecular weight is 366 g/mol. The van der Waals surface area contributed by atoms with Crippen molar-refractivity contribution in [2.75, 3.05) is 18.4 Å². The molecule has 2 heterocycles. The number of urea groups is 1. The first-order valence-electron chi connectivity index (χ1n) is 8.70. The number of amides is 2. The van der Waals surface area contributed by atoms with Crippen LogP contribution in [0.1, 0.15) is 34.5 Å². The predicted octanol–water partition coefficient (Wildman–Crippen LogP) is 3.53. The van der Waals surface area contributed by atoms with Gasteiger partial charge in [-0.15, -0.1) is 0 Å². The lowest BCUT2D eigenvalue weighted by molar-refractivity contribution is 0.0855. The number of likely N-dealkylation sites (tertiary alicyclic amines) is 1. The van der Waals surface area contributed by atoms with Gasteiger partial charge in [-0.3, -0.25) is 9.78 Å². The third-order valence-electron chi connectivity index (χ3n) is 4.66. The Labute approximate surface area is 156 Å². The second-order valence-corrected chi connectivity index (χ2v) is 6.55. The van der Waals surface area contributed by atoms with Gasteiger partial charge in [0.05, 0.1) is 17.2 Å². The third kappa shape index (κ3) is 4.29. The Morgan fingerprint density at radius 3 is 2.63 bits per heavy atom. The van der Waals surface area contributed by atoms with Crippen LogP contribution < -0.4 is 5.32 Å². The molecule has 0 aliphatic carbocycles. The van der Waals surface area contributed by atoms with Crippen LogP contribution in [-0.4, -0.2) is 34.8 Å². The first-order valence-corrected chi connectivity index (χ1v) is 8.70. The van der Waals surface area contributed by atoms with E-state index in [0.29, 0.717) is 31.6 Å². The van der Waals surface area contributed by atoms with Crippen molar-refractivity contribution in [3.8, 4) is 6.07 Å². The molecule has 0 bridgehead atoms. The number of piperidine rings is 1. The number of aryl methyl sites for hydroxylation is 1. The molecule has 1 saturated heterocycles. The smallest absolute Gasteiger partial charge is 0.321 e. The van der Waals surface area contributed by atoms with E-state index >= 15 is 0 Å². The lowest BCUT2D eigenvalue weighted by Crippen LogP contribution is -2.42. The number of nitrogens with one attached hydrogen (secondary N) is 1. The van der Waals surface area contributed by atoms with Crippen LogP contribution in [-0.2, 0) is 0 Å². The number of hydrogen-bond donors (Lipinski definition) is 1. The van der Waals surface area contributed by atoms with Gasteiger partial charge in [0, 0.05) is 36.6 Å². The summed E-state index contributed by atoms with van der Waals surface area (Å²) in [5.74, 6) is -1.28. The van der Waals surface area contributed by atoms with E-state index in [1.54, 1.807) is 23.2 Å². The molecule has 1 aliphatic rings. The fourth-order valence-electron chi connectivity index (χ4n) is 3.18. The summed E-state index contributed by atoms with van der Waals surface area (Å²) in [7, 11) is 0. The van der Waals surface area contributed by atoms with Gasteiger partial charge in [0.1, 0.15) is 5.82 Å². The summed E-state index contributed by atoms with van der Waals surface area (Å²) in [6, 6.07) is 9.00. The van der Waals surface area contributed by atoms with Crippen molar-refractivity contribution in [3.63, 3.8) is 0 Å². The number of nitriles is 1. The van der Waals surface area contributed by atoms with E-state index in [-0.39, 0.29) is 28.9 Å². The zero-order chi connectivity index (χ0) is 19.4. The van der Waals surface area contributed by atoms with Gasteiger partial charge in [-0.25, -0.2) is 9.18 Å². The predicted molar refractivity (Wildman–Crippen MR) is 97.7 cm³/mol. The molecule has 2 amide bonds. The average Bonchev–Trinajstić information content (AvgIpc) is 2.67. The largest absolute Gasteiger partial charge is 0.324 e. The highest BCUT2D eigenvalue weighted by Gasteiger charge is 2.29. The Morgan fingerprint density at radius 2 is 2.00 bits per heavy atom. The maximum absolute atomic E-state index is 14.1. The van der Waals surface area contributed by atoms with Gasteiger partial charge in [-0.2, -0.15) is 5.26 Å². The second-order valence-electron chi connectivity index (χ2n) is 6.55. The number of nitrogens with zero attached hydrogens (tertiary/aromatic N) is 3. The van der Waals surface area contributed by atoms with E-state index in [1.165, 1.54) is 12.1 Å². The molecule has 27 heavy (non-hydrogen) atoms. The van der Waals surface area contributed by atoms with Gasteiger partial charge < -0.3 is 10.2 Å². The van der Waals surface area contributed by atoms with Crippen molar-refractivity contribution in [1.82, 2.24) is 9.88 Å². The number of rotatable bonds is 3. The van der Waals surface area contributed by atoms with Gasteiger partial charge in [-0.05, 0) is 50.1 Å². The molecule has 7 heteroatoms. The van der Waals surface area contributed by atoms with Gasteiger partial charge in [0.2, 0.25) is 0 Å². The summed E-state index contributed by atoms with van der Waals surface area (Å²) in [4.78, 5) is 30.7. The van der Waals surface area contributed by atoms with Crippen LogP contribution in [0.25, 0.3) is 0 Å². The van der Waals surface area contributed by atoms with Crippen LogP contribution in [0.3, 0.4) is 0 Å². The standard InChI is InChI=1S/C20H19FN4O2/c1-13-10-16(4-7-23-13)24-20(27)25-8-5-15(6-9-25)19(26)17-3-2-14(12-22)11-18(17)21/h2-4,7,10-11,15H,5-6,8-9H2,1H3,(H,23,24,27). The Kier molecular flexibility index (Phi) is 5.46. The van der Waals surface area contributed by atoms with E-state index in [4.69, 9.17) is 5.26 Å². The summed E-state index contributed by atoms with van der Waals surface area (Å²) < 4.78 is 14.1. The fraction of sp³-hybridized carbons (Fsp3) is 0.300. The summed E-state index contributed by atoms with van der Waals surface area (Å²) in [5.41, 5.74) is 1.66. The maximum Gasteiger partial charge on any atom is 0.321 e. The molecule has 0 atom stereocenters. The topological polar surface area (TPSA) is 86.1 Å². The normalized spacial score (nSPS) is 14.5. The van der Waals surface area contributed by atoms with Gasteiger partial charge >= 0.3 is 6.03 Å². The fourth-order valence-corrected chi connectivity index (χ4v) is 3.18. The van der Waals surface area contributed by atoms with Crippen molar-refractivity contribution in [3.05, 3.63) is 59.2 Å². The number of benzene rings is 1. The minimum Gasteiger partial charge on any atom is -0.324 e. The van der Waals surface area contributed by atoms with E-state index in [9.17, 15) is 14.0 Å². The molecule has 138 valence electrons. The minimum absolute atomic E-state index is 0.00385. The van der Waals surface area contributed by atoms with Crippen molar-refractivity contribution in [2.24, 2.45) is 5.92 Å². The van der Waals surface area contributed by atoms with E-state index in [2.05, 4.69) is 10.3 Å². The Bertz CT molecular complexity index is 914. The lowest BCUT2D eigenvalue weighted by Gasteiger charge is -2.31. The molecular weight excluding hydrogens is 347 g/mol. The molecule has 1 N–H and O–H groups in total. The number of carbonyl (C=O) groups is 2. The lowest BCUT2D eigenvalue weighted by atomic mass is 9.88. The number of halogens is 1. The number of hydrogen-bond acceptors (Lipinski definition) is 4. The molecule has 1 aliphatic heterocycles. The van der Waals surface area contributed by atoms with E-state index < -0.39 is 5.82 Å². The molecular formula is C20H19FN4O2. The van der Waals surface area contributed by atoms with Crippen LogP contribution in [0.15, 0.2) is 36.5 Å². The van der Waals surface area contributed by atoms with Gasteiger partial charge in [0.25, 0.3) is 0 Å². The summed E-state index contributed by atoms with van der Waals surface area (Å²) >= 11 is 0. The van der Waals surface area contributed by atoms with Crippen molar-refractivity contribution < 1.29 is 14.0 Å². The number of anilines is 1. The van der Waals surface area contributed by atoms with Crippen LogP contribution >= 0.6 is 0 Å². The van der Waals surface area contributed by atoms with E-state index in [1.807, 2.05) is 13.0 Å². The Morgan fingerprint density at radius 1 is 1.26 bits per heavy atom. The van der Waals surface area contributed by atoms with Crippen molar-refractivity contribution in [1.29, 1.82) is 5.26 Å². The molecule has 0 spiro atoms. The highest BCUT2D eigenvalue weighted by Crippen LogP contribution is 2.24. The molecule has 1 aromatic carbocycles. The number of carbonyl (C=O) groups excluding carboxylic acids is 2. The minimum atomic E-state index is -0.674. The highest BCUT2D eigenvalue weighted by molar-refractivity contribution is 5.98. The number of aromatic nitrogens is 1. The molecule has 2 aromatic rings. The second kappa shape index (κ2) is 7.96. The van der Waals surface area contributed by atoms with Crippen LogP contribution in [0.5, 0.6) is 0 Å². The third-order valence-corrected chi connectivity index (χ3v) is 4.66. The van der Waals surface area contributed by atoms with E-state index in [0.717, 1.165) is 11.8 Å². The maximum atomic E-state index is 14.1. The summed E-state index contributed by atoms with van der Waals surface area (Å²) in [6.07, 6.45) is 2.57. The molecule has 1 fully saturated rings. The zero-order valence-electron chi connectivity index (χ0n) is 14.9. The Balaban J connectivity index is 1.59. The van der Waals surface area contributed by atoms with Crippen molar-refractivity contribution in [2.45, 2.75) is 19.8 Å². The summed E-state index contributed by atoms with van der Waals surface area (Å²) in [6.45, 7) is 2.68. The number of pyridine rings is 1. The van der Waals surface area contributed by atoms with Crippen LogP contribution in [0, 0.1) is 30.0 Å². The monoisotopic (exact) mass is 366 g/mol. The quantitative estimate of drug-likeness (QED) is 0.842. The highest BCUT2D eigenvalue weighted by atomic mass is 19.1. The molecule has 0 saturated carbocycles. The molecule has 0 unspecified atom stereocenters. The number of Topliss-reactive ketones (excluding diaryl/α,β-unsaturated/α-hetero) is 1.